The van der Waals surface area contributed by atoms with Gasteiger partial charge in [-0.15, -0.1) is 0 Å². The molecule has 1 atom stereocenters. The van der Waals surface area contributed by atoms with E-state index in [-0.39, 0.29) is 0 Å². The molecule has 0 aliphatic rings. The van der Waals surface area contributed by atoms with E-state index in [0.29, 0.717) is 11.7 Å². The fraction of sp³-hybridized carbons (Fsp3) is 0.357. The molecular weight excluding hydrogens is 212 g/mol. The molecule has 0 saturated carbocycles. The molecule has 0 amide bonds. The van der Waals surface area contributed by atoms with Crippen LogP contribution < -0.4 is 5.73 Å². The van der Waals surface area contributed by atoms with Gasteiger partial charge in [0.05, 0.1) is 5.56 Å². The first-order valence-corrected chi connectivity index (χ1v) is 5.95. The molecule has 0 fully saturated rings. The van der Waals surface area contributed by atoms with Gasteiger partial charge in [-0.1, -0.05) is 48.8 Å². The van der Waals surface area contributed by atoms with Crippen LogP contribution in [0.3, 0.4) is 0 Å². The van der Waals surface area contributed by atoms with E-state index in [4.69, 9.17) is 10.3 Å². The Morgan fingerprint density at radius 3 is 2.82 bits per heavy atom. The van der Waals surface area contributed by atoms with Gasteiger partial charge in [0.1, 0.15) is 5.76 Å². The summed E-state index contributed by atoms with van der Waals surface area (Å²) in [5.41, 5.74) is 9.15. The Bertz CT molecular complexity index is 517. The monoisotopic (exact) mass is 230 g/mol. The average Bonchev–Trinajstić information content (AvgIpc) is 2.70. The number of benzene rings is 1. The molecule has 1 aromatic heterocycles. The number of hydrogen-bond donors (Lipinski definition) is 1. The first-order valence-electron chi connectivity index (χ1n) is 5.95. The first-order chi connectivity index (χ1) is 8.13. The van der Waals surface area contributed by atoms with Gasteiger partial charge in [-0.3, -0.25) is 0 Å². The van der Waals surface area contributed by atoms with E-state index in [1.165, 1.54) is 5.56 Å². The van der Waals surface area contributed by atoms with Crippen LogP contribution in [0.5, 0.6) is 0 Å². The summed E-state index contributed by atoms with van der Waals surface area (Å²) in [7, 11) is 0. The predicted molar refractivity (Wildman–Crippen MR) is 69.8 cm³/mol. The molecule has 3 heteroatoms. The Balaban J connectivity index is 2.54. The molecule has 0 aliphatic carbocycles. The third-order valence-electron chi connectivity index (χ3n) is 3.11. The lowest BCUT2D eigenvalue weighted by Gasteiger charge is -2.08. The second-order valence-corrected chi connectivity index (χ2v) is 4.49. The average molecular weight is 230 g/mol. The summed E-state index contributed by atoms with van der Waals surface area (Å²) >= 11 is 0. The van der Waals surface area contributed by atoms with E-state index < -0.39 is 0 Å². The van der Waals surface area contributed by atoms with Crippen molar-refractivity contribution in [2.45, 2.75) is 33.1 Å². The molecule has 90 valence electrons. The number of hydrogen-bond acceptors (Lipinski definition) is 3. The van der Waals surface area contributed by atoms with Crippen LogP contribution in [-0.2, 0) is 0 Å². The Morgan fingerprint density at radius 2 is 2.18 bits per heavy atom. The fourth-order valence-corrected chi connectivity index (χ4v) is 1.93. The first kappa shape index (κ1) is 11.7. The van der Waals surface area contributed by atoms with E-state index >= 15 is 0 Å². The number of anilines is 1. The number of nitrogen functional groups attached to an aromatic ring is 1. The molecule has 2 N–H and O–H groups in total. The van der Waals surface area contributed by atoms with E-state index in [2.05, 4.69) is 38.1 Å². The largest absolute Gasteiger partial charge is 0.380 e. The number of nitrogens with zero attached hydrogens (tertiary/aromatic N) is 1. The van der Waals surface area contributed by atoms with Gasteiger partial charge in [-0.2, -0.15) is 0 Å². The van der Waals surface area contributed by atoms with Crippen LogP contribution in [0.25, 0.3) is 11.1 Å². The summed E-state index contributed by atoms with van der Waals surface area (Å²) in [6.07, 6.45) is 1.01. The Morgan fingerprint density at radius 1 is 1.41 bits per heavy atom. The predicted octanol–water partition coefficient (Wildman–Crippen LogP) is 3.75. The maximum Gasteiger partial charge on any atom is 0.175 e. The third kappa shape index (κ3) is 2.18. The Hall–Kier alpha value is -1.77. The van der Waals surface area contributed by atoms with Gasteiger partial charge in [0, 0.05) is 5.92 Å². The fourth-order valence-electron chi connectivity index (χ4n) is 1.93. The molecule has 2 aromatic rings. The van der Waals surface area contributed by atoms with Crippen molar-refractivity contribution in [3.05, 3.63) is 35.6 Å². The van der Waals surface area contributed by atoms with Crippen LogP contribution in [0.15, 0.2) is 28.8 Å². The molecule has 0 aliphatic heterocycles. The quantitative estimate of drug-likeness (QED) is 0.873. The Kier molecular flexibility index (Phi) is 3.18. The number of aromatic nitrogens is 1. The van der Waals surface area contributed by atoms with Crippen molar-refractivity contribution in [2.75, 3.05) is 5.73 Å². The van der Waals surface area contributed by atoms with Gasteiger partial charge in [-0.25, -0.2) is 0 Å². The summed E-state index contributed by atoms with van der Waals surface area (Å²) in [6.45, 7) is 6.32. The zero-order chi connectivity index (χ0) is 12.4. The van der Waals surface area contributed by atoms with Crippen LogP contribution in [0, 0.1) is 6.92 Å². The lowest BCUT2D eigenvalue weighted by molar-refractivity contribution is 0.366. The molecule has 1 aromatic carbocycles. The highest BCUT2D eigenvalue weighted by molar-refractivity contribution is 5.76. The summed E-state index contributed by atoms with van der Waals surface area (Å²) in [4.78, 5) is 0. The second kappa shape index (κ2) is 4.62. The van der Waals surface area contributed by atoms with E-state index in [9.17, 15) is 0 Å². The molecule has 3 nitrogen and oxygen atoms in total. The Labute approximate surface area is 102 Å². The van der Waals surface area contributed by atoms with E-state index in [1.807, 2.05) is 12.1 Å². The van der Waals surface area contributed by atoms with Crippen molar-refractivity contribution < 1.29 is 4.52 Å². The minimum atomic E-state index is 0.329. The van der Waals surface area contributed by atoms with Crippen molar-refractivity contribution in [2.24, 2.45) is 0 Å². The minimum absolute atomic E-state index is 0.329. The number of aryl methyl sites for hydroxylation is 1. The van der Waals surface area contributed by atoms with Gasteiger partial charge < -0.3 is 10.3 Å². The molecule has 2 rings (SSSR count). The molecule has 0 bridgehead atoms. The zero-order valence-electron chi connectivity index (χ0n) is 10.5. The van der Waals surface area contributed by atoms with Crippen LogP contribution in [-0.4, -0.2) is 5.16 Å². The van der Waals surface area contributed by atoms with E-state index in [0.717, 1.165) is 23.3 Å². The van der Waals surface area contributed by atoms with Gasteiger partial charge in [0.2, 0.25) is 0 Å². The SMILES string of the molecule is CCC(C)c1onc(N)c1-c1cccc(C)c1. The van der Waals surface area contributed by atoms with Gasteiger partial charge in [0.15, 0.2) is 5.82 Å². The van der Waals surface area contributed by atoms with Crippen LogP contribution in [0.4, 0.5) is 5.82 Å². The normalized spacial score (nSPS) is 12.6. The van der Waals surface area contributed by atoms with Crippen LogP contribution >= 0.6 is 0 Å². The number of nitrogens with two attached hydrogens (primary N) is 1. The maximum absolute atomic E-state index is 5.91. The minimum Gasteiger partial charge on any atom is -0.380 e. The lowest BCUT2D eigenvalue weighted by atomic mass is 9.96. The standard InChI is InChI=1S/C14H18N2O/c1-4-10(3)13-12(14(15)16-17-13)11-7-5-6-9(2)8-11/h5-8,10H,4H2,1-3H3,(H2,15,16). The van der Waals surface area contributed by atoms with E-state index in [1.54, 1.807) is 0 Å². The number of rotatable bonds is 3. The lowest BCUT2D eigenvalue weighted by Crippen LogP contribution is -1.94. The van der Waals surface area contributed by atoms with Crippen molar-refractivity contribution in [3.8, 4) is 11.1 Å². The highest BCUT2D eigenvalue weighted by Gasteiger charge is 2.19. The molecule has 1 heterocycles. The molecule has 0 spiro atoms. The summed E-state index contributed by atoms with van der Waals surface area (Å²) in [6, 6.07) is 8.24. The second-order valence-electron chi connectivity index (χ2n) is 4.49. The third-order valence-corrected chi connectivity index (χ3v) is 3.11. The summed E-state index contributed by atoms with van der Waals surface area (Å²) < 4.78 is 5.37. The van der Waals surface area contributed by atoms with Crippen molar-refractivity contribution >= 4 is 5.82 Å². The smallest absolute Gasteiger partial charge is 0.175 e. The molecule has 0 saturated heterocycles. The molecule has 0 radical (unpaired) electrons. The van der Waals surface area contributed by atoms with Crippen molar-refractivity contribution in [1.82, 2.24) is 5.16 Å². The summed E-state index contributed by atoms with van der Waals surface area (Å²) in [5, 5.41) is 3.89. The van der Waals surface area contributed by atoms with Gasteiger partial charge in [0.25, 0.3) is 0 Å². The summed E-state index contributed by atoms with van der Waals surface area (Å²) in [5.74, 6) is 1.69. The van der Waals surface area contributed by atoms with Crippen LogP contribution in [0.2, 0.25) is 0 Å². The highest BCUT2D eigenvalue weighted by atomic mass is 16.5. The van der Waals surface area contributed by atoms with Crippen molar-refractivity contribution in [3.63, 3.8) is 0 Å². The zero-order valence-corrected chi connectivity index (χ0v) is 10.5. The van der Waals surface area contributed by atoms with Gasteiger partial charge >= 0.3 is 0 Å². The molecule has 1 unspecified atom stereocenters. The van der Waals surface area contributed by atoms with Crippen LogP contribution in [0.1, 0.15) is 37.5 Å². The molecular formula is C14H18N2O. The topological polar surface area (TPSA) is 52.0 Å². The maximum atomic E-state index is 5.91. The highest BCUT2D eigenvalue weighted by Crippen LogP contribution is 2.35. The molecule has 17 heavy (non-hydrogen) atoms. The van der Waals surface area contributed by atoms with Crippen molar-refractivity contribution in [1.29, 1.82) is 0 Å². The van der Waals surface area contributed by atoms with Gasteiger partial charge in [-0.05, 0) is 18.9 Å².